The molecule has 2 aromatic carbocycles. The number of carbonyl (C=O) groups excluding carboxylic acids is 1. The van der Waals surface area contributed by atoms with Crippen molar-refractivity contribution in [3.8, 4) is 0 Å². The summed E-state index contributed by atoms with van der Waals surface area (Å²) in [7, 11) is 2.14. The summed E-state index contributed by atoms with van der Waals surface area (Å²) in [6.07, 6.45) is 1.08. The predicted molar refractivity (Wildman–Crippen MR) is 102 cm³/mol. The molecule has 0 spiro atoms. The molecule has 0 aliphatic carbocycles. The number of hydrogen-bond acceptors (Lipinski definition) is 2. The molecule has 2 heterocycles. The molecule has 0 bridgehead atoms. The van der Waals surface area contributed by atoms with Crippen molar-refractivity contribution in [3.63, 3.8) is 0 Å². The molecule has 2 atom stereocenters. The van der Waals surface area contributed by atoms with Crippen LogP contribution in [-0.4, -0.2) is 30.6 Å². The van der Waals surface area contributed by atoms with E-state index in [4.69, 9.17) is 0 Å². The van der Waals surface area contributed by atoms with Gasteiger partial charge in [0.15, 0.2) is 0 Å². The molecule has 0 fully saturated rings. The zero-order valence-electron chi connectivity index (χ0n) is 15.1. The Bertz CT molecular complexity index is 817. The minimum atomic E-state index is -0.0478. The molecule has 2 aliphatic rings. The fourth-order valence-electron chi connectivity index (χ4n) is 4.05. The smallest absolute Gasteiger partial charge is 0.308 e. The molecule has 2 unspecified atom stereocenters. The van der Waals surface area contributed by atoms with Gasteiger partial charge in [-0.2, -0.15) is 0 Å². The second-order valence-corrected chi connectivity index (χ2v) is 7.36. The number of hydrogen-bond donors (Lipinski definition) is 1. The van der Waals surface area contributed by atoms with Crippen molar-refractivity contribution in [2.24, 2.45) is 0 Å². The van der Waals surface area contributed by atoms with E-state index in [2.05, 4.69) is 49.3 Å². The van der Waals surface area contributed by atoms with E-state index in [1.165, 1.54) is 16.7 Å². The van der Waals surface area contributed by atoms with Crippen molar-refractivity contribution in [2.75, 3.05) is 23.8 Å². The molecule has 4 nitrogen and oxygen atoms in total. The molecular formula is C21H25N3O. The Morgan fingerprint density at radius 3 is 2.76 bits per heavy atom. The minimum Gasteiger partial charge on any atom is -0.308 e. The van der Waals surface area contributed by atoms with E-state index in [1.807, 2.05) is 29.2 Å². The Morgan fingerprint density at radius 1 is 1.12 bits per heavy atom. The summed E-state index contributed by atoms with van der Waals surface area (Å²) < 4.78 is 0. The lowest BCUT2D eigenvalue weighted by Gasteiger charge is -2.27. The summed E-state index contributed by atoms with van der Waals surface area (Å²) in [4.78, 5) is 17.2. The molecule has 1 N–H and O–H groups in total. The van der Waals surface area contributed by atoms with E-state index in [0.717, 1.165) is 30.9 Å². The molecule has 0 saturated carbocycles. The number of nitrogens with zero attached hydrogens (tertiary/aromatic N) is 2. The predicted octanol–water partition coefficient (Wildman–Crippen LogP) is 4.22. The van der Waals surface area contributed by atoms with E-state index in [0.29, 0.717) is 5.92 Å². The normalized spacial score (nSPS) is 22.4. The van der Waals surface area contributed by atoms with Gasteiger partial charge in [-0.1, -0.05) is 31.2 Å². The third kappa shape index (κ3) is 2.81. The molecule has 0 radical (unpaired) electrons. The Kier molecular flexibility index (Phi) is 4.00. The average Bonchev–Trinajstić information content (AvgIpc) is 2.86. The number of rotatable bonds is 1. The summed E-state index contributed by atoms with van der Waals surface area (Å²) in [6, 6.07) is 14.6. The van der Waals surface area contributed by atoms with Gasteiger partial charge in [-0.15, -0.1) is 0 Å². The average molecular weight is 335 g/mol. The quantitative estimate of drug-likeness (QED) is 0.847. The maximum Gasteiger partial charge on any atom is 0.326 e. The summed E-state index contributed by atoms with van der Waals surface area (Å²) in [5, 5.41) is 3.11. The topological polar surface area (TPSA) is 35.6 Å². The van der Waals surface area contributed by atoms with Crippen molar-refractivity contribution in [1.29, 1.82) is 0 Å². The first-order chi connectivity index (χ1) is 12.0. The van der Waals surface area contributed by atoms with Gasteiger partial charge >= 0.3 is 6.03 Å². The number of nitrogens with one attached hydrogen (secondary N) is 1. The van der Waals surface area contributed by atoms with Gasteiger partial charge in [-0.25, -0.2) is 4.79 Å². The highest BCUT2D eigenvalue weighted by molar-refractivity contribution is 6.04. The van der Waals surface area contributed by atoms with Crippen molar-refractivity contribution >= 4 is 17.4 Å². The van der Waals surface area contributed by atoms with Crippen molar-refractivity contribution < 1.29 is 4.79 Å². The van der Waals surface area contributed by atoms with Crippen LogP contribution in [0.2, 0.25) is 0 Å². The number of anilines is 2. The van der Waals surface area contributed by atoms with Crippen LogP contribution in [0.5, 0.6) is 0 Å². The number of fused-ring (bicyclic) bond motifs is 2. The van der Waals surface area contributed by atoms with E-state index in [-0.39, 0.29) is 12.1 Å². The fraction of sp³-hybridized carbons (Fsp3) is 0.381. The molecule has 2 amide bonds. The molecule has 2 aromatic rings. The summed E-state index contributed by atoms with van der Waals surface area (Å²) >= 11 is 0. The monoisotopic (exact) mass is 335 g/mol. The summed E-state index contributed by atoms with van der Waals surface area (Å²) in [5.41, 5.74) is 5.86. The van der Waals surface area contributed by atoms with Gasteiger partial charge in [0, 0.05) is 36.4 Å². The van der Waals surface area contributed by atoms with Crippen molar-refractivity contribution in [2.45, 2.75) is 38.8 Å². The molecule has 4 heteroatoms. The fourth-order valence-corrected chi connectivity index (χ4v) is 4.05. The van der Waals surface area contributed by atoms with E-state index in [1.54, 1.807) is 0 Å². The second kappa shape index (κ2) is 6.19. The lowest BCUT2D eigenvalue weighted by Crippen LogP contribution is -2.40. The number of likely N-dealkylation sites (N-methyl/N-ethyl adjacent to an activating group) is 1. The second-order valence-electron chi connectivity index (χ2n) is 7.36. The van der Waals surface area contributed by atoms with Gasteiger partial charge in [0.2, 0.25) is 0 Å². The van der Waals surface area contributed by atoms with E-state index < -0.39 is 0 Å². The number of amides is 2. The third-order valence-electron chi connectivity index (χ3n) is 5.70. The first-order valence-electron chi connectivity index (χ1n) is 9.04. The molecule has 0 aromatic heterocycles. The first-order valence-corrected chi connectivity index (χ1v) is 9.04. The van der Waals surface area contributed by atoms with Crippen LogP contribution >= 0.6 is 0 Å². The highest BCUT2D eigenvalue weighted by Gasteiger charge is 2.36. The van der Waals surface area contributed by atoms with Gasteiger partial charge in [0.1, 0.15) is 0 Å². The summed E-state index contributed by atoms with van der Waals surface area (Å²) in [5.74, 6) is 0.346. The van der Waals surface area contributed by atoms with Crippen LogP contribution in [0.1, 0.15) is 36.5 Å². The van der Waals surface area contributed by atoms with Crippen LogP contribution in [0.3, 0.4) is 0 Å². The minimum absolute atomic E-state index is 0.0478. The largest absolute Gasteiger partial charge is 0.326 e. The van der Waals surface area contributed by atoms with Gasteiger partial charge in [0.25, 0.3) is 0 Å². The molecular weight excluding hydrogens is 310 g/mol. The molecule has 130 valence electrons. The number of urea groups is 1. The van der Waals surface area contributed by atoms with Crippen LogP contribution in [-0.2, 0) is 13.0 Å². The lowest BCUT2D eigenvalue weighted by atomic mass is 9.98. The number of carbonyl (C=O) groups is 1. The highest BCUT2D eigenvalue weighted by Crippen LogP contribution is 2.40. The lowest BCUT2D eigenvalue weighted by molar-refractivity contribution is 0.255. The van der Waals surface area contributed by atoms with Crippen LogP contribution in [0.4, 0.5) is 16.2 Å². The Morgan fingerprint density at radius 2 is 1.92 bits per heavy atom. The maximum atomic E-state index is 13.0. The maximum absolute atomic E-state index is 13.0. The third-order valence-corrected chi connectivity index (χ3v) is 5.70. The summed E-state index contributed by atoms with van der Waals surface area (Å²) in [6.45, 7) is 6.34. The number of para-hydroxylation sites is 1. The standard InChI is InChI=1S/C21H25N3O/c1-14-15(2)24(20-7-5-4-6-19(14)20)21(25)22-18-9-8-16-10-11-23(3)13-17(16)12-18/h4-9,12,14-15H,10-11,13H2,1-3H3,(H,22,25). The van der Waals surface area contributed by atoms with Gasteiger partial charge in [0.05, 0.1) is 0 Å². The molecule has 4 rings (SSSR count). The Hall–Kier alpha value is -2.33. The zero-order valence-corrected chi connectivity index (χ0v) is 15.1. The highest BCUT2D eigenvalue weighted by atomic mass is 16.2. The van der Waals surface area contributed by atoms with E-state index in [9.17, 15) is 4.79 Å². The molecule has 25 heavy (non-hydrogen) atoms. The molecule has 0 saturated heterocycles. The van der Waals surface area contributed by atoms with Gasteiger partial charge in [-0.05, 0) is 55.3 Å². The Balaban J connectivity index is 1.58. The van der Waals surface area contributed by atoms with Gasteiger partial charge in [-0.3, -0.25) is 4.90 Å². The first kappa shape index (κ1) is 16.2. The van der Waals surface area contributed by atoms with Crippen LogP contribution in [0.15, 0.2) is 42.5 Å². The van der Waals surface area contributed by atoms with Crippen molar-refractivity contribution in [3.05, 3.63) is 59.2 Å². The number of benzene rings is 2. The van der Waals surface area contributed by atoms with Crippen LogP contribution < -0.4 is 10.2 Å². The Labute approximate surface area is 149 Å². The van der Waals surface area contributed by atoms with Crippen molar-refractivity contribution in [1.82, 2.24) is 4.90 Å². The van der Waals surface area contributed by atoms with Crippen LogP contribution in [0.25, 0.3) is 0 Å². The van der Waals surface area contributed by atoms with E-state index >= 15 is 0 Å². The SMILES string of the molecule is CC1c2ccccc2N(C(=O)Nc2ccc3c(c2)CN(C)CC3)C1C. The zero-order chi connectivity index (χ0) is 17.6. The molecule has 2 aliphatic heterocycles. The van der Waals surface area contributed by atoms with Gasteiger partial charge < -0.3 is 10.2 Å². The van der Waals surface area contributed by atoms with Crippen LogP contribution in [0, 0.1) is 0 Å².